The number of carbonyl (C=O) groups excluding carboxylic acids is 1. The Balaban J connectivity index is 2.02. The lowest BCUT2D eigenvalue weighted by atomic mass is 10.1. The average Bonchev–Trinajstić information content (AvgIpc) is 2.50. The van der Waals surface area contributed by atoms with E-state index in [0.29, 0.717) is 11.1 Å². The third-order valence-electron chi connectivity index (χ3n) is 2.87. The molecule has 0 aliphatic heterocycles. The monoisotopic (exact) mass is 318 g/mol. The van der Waals surface area contributed by atoms with E-state index in [-0.39, 0.29) is 21.9 Å². The molecule has 0 aliphatic carbocycles. The quantitative estimate of drug-likeness (QED) is 0.733. The second-order valence-corrected chi connectivity index (χ2v) is 4.88. The highest BCUT2D eigenvalue weighted by Crippen LogP contribution is 2.27. The van der Waals surface area contributed by atoms with Gasteiger partial charge in [-0.05, 0) is 12.1 Å². The Kier molecular flexibility index (Phi) is 3.68. The summed E-state index contributed by atoms with van der Waals surface area (Å²) in [4.78, 5) is 24.2. The molecule has 1 aromatic carbocycles. The topological polar surface area (TPSA) is 67.8 Å². The van der Waals surface area contributed by atoms with Crippen LogP contribution in [0.4, 0.5) is 5.69 Å². The summed E-state index contributed by atoms with van der Waals surface area (Å²) in [5, 5.41) is 3.65. The van der Waals surface area contributed by atoms with Crippen molar-refractivity contribution < 1.29 is 4.79 Å². The number of fused-ring (bicyclic) bond motifs is 1. The lowest BCUT2D eigenvalue weighted by molar-refractivity contribution is 0.102. The number of rotatable bonds is 2. The molecule has 1 amide bonds. The zero-order valence-corrected chi connectivity index (χ0v) is 12.1. The van der Waals surface area contributed by atoms with Crippen molar-refractivity contribution in [1.29, 1.82) is 0 Å². The lowest BCUT2D eigenvalue weighted by Gasteiger charge is -2.09. The average molecular weight is 319 g/mol. The number of carbonyl (C=O) groups is 1. The zero-order chi connectivity index (χ0) is 14.8. The van der Waals surface area contributed by atoms with Crippen molar-refractivity contribution in [3.63, 3.8) is 0 Å². The van der Waals surface area contributed by atoms with Crippen molar-refractivity contribution in [2.24, 2.45) is 0 Å². The first-order valence-electron chi connectivity index (χ1n) is 5.98. The van der Waals surface area contributed by atoms with Gasteiger partial charge in [0.2, 0.25) is 0 Å². The van der Waals surface area contributed by atoms with Crippen LogP contribution < -0.4 is 5.32 Å². The molecule has 2 aromatic heterocycles. The van der Waals surface area contributed by atoms with Gasteiger partial charge in [-0.2, -0.15) is 0 Å². The van der Waals surface area contributed by atoms with E-state index in [9.17, 15) is 4.79 Å². The standard InChI is InChI=1S/C14H8Cl2N4O/c15-12-11(13(16)19-7-18-12)20-14(21)9-5-1-3-8-4-2-6-17-10(8)9/h1-7H,(H,20,21). The molecule has 0 unspecified atom stereocenters. The normalized spacial score (nSPS) is 10.6. The fraction of sp³-hybridized carbons (Fsp3) is 0. The molecule has 0 radical (unpaired) electrons. The summed E-state index contributed by atoms with van der Waals surface area (Å²) in [5.41, 5.74) is 1.20. The smallest absolute Gasteiger partial charge is 0.258 e. The van der Waals surface area contributed by atoms with E-state index in [1.165, 1.54) is 6.33 Å². The number of halogens is 2. The van der Waals surface area contributed by atoms with E-state index in [2.05, 4.69) is 20.3 Å². The second-order valence-electron chi connectivity index (χ2n) is 4.17. The van der Waals surface area contributed by atoms with Crippen molar-refractivity contribution in [1.82, 2.24) is 15.0 Å². The highest BCUT2D eigenvalue weighted by atomic mass is 35.5. The van der Waals surface area contributed by atoms with Crippen LogP contribution >= 0.6 is 23.2 Å². The number of nitrogens with zero attached hydrogens (tertiary/aromatic N) is 3. The minimum absolute atomic E-state index is 0.0801. The Labute approximate surface area is 130 Å². The Bertz CT molecular complexity index is 813. The van der Waals surface area contributed by atoms with Gasteiger partial charge in [0.15, 0.2) is 10.3 Å². The summed E-state index contributed by atoms with van der Waals surface area (Å²) in [6.07, 6.45) is 2.85. The maximum absolute atomic E-state index is 12.4. The molecule has 0 bridgehead atoms. The van der Waals surface area contributed by atoms with Crippen LogP contribution in [-0.2, 0) is 0 Å². The summed E-state index contributed by atoms with van der Waals surface area (Å²) < 4.78 is 0. The van der Waals surface area contributed by atoms with Gasteiger partial charge in [-0.1, -0.05) is 41.4 Å². The molecule has 1 N–H and O–H groups in total. The number of anilines is 1. The van der Waals surface area contributed by atoms with Gasteiger partial charge in [-0.3, -0.25) is 9.78 Å². The predicted octanol–water partition coefficient (Wildman–Crippen LogP) is 3.58. The van der Waals surface area contributed by atoms with Gasteiger partial charge in [-0.25, -0.2) is 9.97 Å². The molecule has 3 aromatic rings. The maximum Gasteiger partial charge on any atom is 0.258 e. The molecule has 104 valence electrons. The minimum Gasteiger partial charge on any atom is -0.317 e. The van der Waals surface area contributed by atoms with Gasteiger partial charge < -0.3 is 5.32 Å². The SMILES string of the molecule is O=C(Nc1c(Cl)ncnc1Cl)c1cccc2cccnc12. The van der Waals surface area contributed by atoms with E-state index in [1.54, 1.807) is 18.3 Å². The molecule has 7 heteroatoms. The summed E-state index contributed by atoms with van der Waals surface area (Å²) in [5.74, 6) is -0.377. The zero-order valence-electron chi connectivity index (χ0n) is 10.5. The van der Waals surface area contributed by atoms with E-state index in [4.69, 9.17) is 23.2 Å². The first kappa shape index (κ1) is 13.7. The van der Waals surface area contributed by atoms with E-state index < -0.39 is 0 Å². The number of hydrogen-bond donors (Lipinski definition) is 1. The van der Waals surface area contributed by atoms with Crippen LogP contribution in [0.1, 0.15) is 10.4 Å². The van der Waals surface area contributed by atoms with Crippen molar-refractivity contribution in [3.8, 4) is 0 Å². The molecule has 0 fully saturated rings. The number of para-hydroxylation sites is 1. The molecular weight excluding hydrogens is 311 g/mol. The number of nitrogens with one attached hydrogen (secondary N) is 1. The molecule has 0 atom stereocenters. The van der Waals surface area contributed by atoms with Gasteiger partial charge in [-0.15, -0.1) is 0 Å². The van der Waals surface area contributed by atoms with E-state index in [1.807, 2.05) is 18.2 Å². The molecule has 5 nitrogen and oxygen atoms in total. The van der Waals surface area contributed by atoms with Crippen LogP contribution in [0.3, 0.4) is 0 Å². The van der Waals surface area contributed by atoms with Crippen LogP contribution in [0, 0.1) is 0 Å². The summed E-state index contributed by atoms with van der Waals surface area (Å²) in [6.45, 7) is 0. The van der Waals surface area contributed by atoms with Crippen molar-refractivity contribution in [2.75, 3.05) is 5.32 Å². The van der Waals surface area contributed by atoms with Gasteiger partial charge in [0, 0.05) is 11.6 Å². The molecule has 2 heterocycles. The third kappa shape index (κ3) is 2.66. The second kappa shape index (κ2) is 5.63. The highest BCUT2D eigenvalue weighted by molar-refractivity contribution is 6.38. The first-order valence-corrected chi connectivity index (χ1v) is 6.73. The Morgan fingerprint density at radius 3 is 2.48 bits per heavy atom. The van der Waals surface area contributed by atoms with Crippen LogP contribution in [0.25, 0.3) is 10.9 Å². The molecule has 3 rings (SSSR count). The largest absolute Gasteiger partial charge is 0.317 e. The fourth-order valence-electron chi connectivity index (χ4n) is 1.92. The fourth-order valence-corrected chi connectivity index (χ4v) is 2.33. The first-order chi connectivity index (χ1) is 10.2. The predicted molar refractivity (Wildman–Crippen MR) is 81.7 cm³/mol. The number of pyridine rings is 1. The summed E-state index contributed by atoms with van der Waals surface area (Å²) >= 11 is 11.8. The van der Waals surface area contributed by atoms with Crippen molar-refractivity contribution in [3.05, 3.63) is 58.7 Å². The van der Waals surface area contributed by atoms with Crippen LogP contribution in [0.2, 0.25) is 10.3 Å². The van der Waals surface area contributed by atoms with Crippen LogP contribution in [-0.4, -0.2) is 20.9 Å². The highest BCUT2D eigenvalue weighted by Gasteiger charge is 2.15. The van der Waals surface area contributed by atoms with Gasteiger partial charge in [0.25, 0.3) is 5.91 Å². The molecule has 0 spiro atoms. The van der Waals surface area contributed by atoms with Crippen LogP contribution in [0.15, 0.2) is 42.9 Å². The Morgan fingerprint density at radius 2 is 1.71 bits per heavy atom. The molecular formula is C14H8Cl2N4O. The van der Waals surface area contributed by atoms with Gasteiger partial charge in [0.05, 0.1) is 11.1 Å². The van der Waals surface area contributed by atoms with Gasteiger partial charge in [0.1, 0.15) is 12.0 Å². The number of aromatic nitrogens is 3. The number of hydrogen-bond acceptors (Lipinski definition) is 4. The number of amides is 1. The summed E-state index contributed by atoms with van der Waals surface area (Å²) in [6, 6.07) is 9.03. The lowest BCUT2D eigenvalue weighted by Crippen LogP contribution is -2.14. The van der Waals surface area contributed by atoms with E-state index >= 15 is 0 Å². The Morgan fingerprint density at radius 1 is 1.00 bits per heavy atom. The minimum atomic E-state index is -0.377. The molecule has 0 aliphatic rings. The Hall–Kier alpha value is -2.24. The molecule has 0 saturated heterocycles. The van der Waals surface area contributed by atoms with Gasteiger partial charge >= 0.3 is 0 Å². The van der Waals surface area contributed by atoms with Crippen LogP contribution in [0.5, 0.6) is 0 Å². The summed E-state index contributed by atoms with van der Waals surface area (Å²) in [7, 11) is 0. The molecule has 21 heavy (non-hydrogen) atoms. The van der Waals surface area contributed by atoms with Crippen molar-refractivity contribution in [2.45, 2.75) is 0 Å². The van der Waals surface area contributed by atoms with E-state index in [0.717, 1.165) is 5.39 Å². The van der Waals surface area contributed by atoms with Crippen molar-refractivity contribution >= 4 is 45.7 Å². The third-order valence-corrected chi connectivity index (χ3v) is 3.44. The number of benzene rings is 1. The maximum atomic E-state index is 12.4. The molecule has 0 saturated carbocycles.